The monoisotopic (exact) mass is 232 g/mol. The molecule has 2 N–H and O–H groups in total. The van der Waals surface area contributed by atoms with Gasteiger partial charge in [0.25, 0.3) is 5.91 Å². The molecule has 0 spiro atoms. The number of hydrogen-bond acceptors (Lipinski definition) is 3. The predicted octanol–water partition coefficient (Wildman–Crippen LogP) is 1.77. The topological polar surface area (TPSA) is 59.5 Å². The molecular weight excluding hydrogens is 216 g/mol. The lowest BCUT2D eigenvalue weighted by Crippen LogP contribution is -2.31. The summed E-state index contributed by atoms with van der Waals surface area (Å²) in [4.78, 5) is 13.5. The van der Waals surface area contributed by atoms with Gasteiger partial charge in [-0.3, -0.25) is 4.79 Å². The van der Waals surface area contributed by atoms with Crippen LogP contribution in [0.3, 0.4) is 0 Å². The largest absolute Gasteiger partial charge is 0.451 e. The smallest absolute Gasteiger partial charge is 0.289 e. The van der Waals surface area contributed by atoms with Gasteiger partial charge in [-0.2, -0.15) is 0 Å². The highest BCUT2D eigenvalue weighted by molar-refractivity contribution is 5.96. The zero-order valence-electron chi connectivity index (χ0n) is 10.1. The summed E-state index contributed by atoms with van der Waals surface area (Å²) in [5, 5.41) is 0.953. The van der Waals surface area contributed by atoms with E-state index in [0.29, 0.717) is 18.8 Å². The number of nitrogens with two attached hydrogens (primary N) is 1. The molecule has 2 aromatic rings. The van der Waals surface area contributed by atoms with Gasteiger partial charge >= 0.3 is 0 Å². The maximum atomic E-state index is 12.0. The Morgan fingerprint density at radius 1 is 1.41 bits per heavy atom. The molecule has 0 saturated heterocycles. The summed E-state index contributed by atoms with van der Waals surface area (Å²) in [7, 11) is 1.72. The van der Waals surface area contributed by atoms with E-state index < -0.39 is 0 Å². The first kappa shape index (κ1) is 11.7. The normalized spacial score (nSPS) is 10.8. The van der Waals surface area contributed by atoms with Crippen molar-refractivity contribution in [1.82, 2.24) is 4.90 Å². The second kappa shape index (κ2) is 4.59. The number of hydrogen-bond donors (Lipinski definition) is 1. The van der Waals surface area contributed by atoms with Crippen LogP contribution in [0.4, 0.5) is 0 Å². The maximum absolute atomic E-state index is 12.0. The van der Waals surface area contributed by atoms with Crippen molar-refractivity contribution in [2.24, 2.45) is 5.73 Å². The van der Waals surface area contributed by atoms with Crippen molar-refractivity contribution < 1.29 is 9.21 Å². The average Bonchev–Trinajstić information content (AvgIpc) is 2.71. The van der Waals surface area contributed by atoms with E-state index >= 15 is 0 Å². The first-order chi connectivity index (χ1) is 8.11. The molecule has 0 saturated carbocycles. The van der Waals surface area contributed by atoms with Crippen molar-refractivity contribution in [3.8, 4) is 0 Å². The highest BCUT2D eigenvalue weighted by atomic mass is 16.3. The van der Waals surface area contributed by atoms with Gasteiger partial charge in [0.1, 0.15) is 5.58 Å². The lowest BCUT2D eigenvalue weighted by molar-refractivity contribution is 0.0770. The Kier molecular flexibility index (Phi) is 3.15. The van der Waals surface area contributed by atoms with Crippen LogP contribution in [0.5, 0.6) is 0 Å². The number of furan rings is 1. The molecular formula is C13H16N2O2. The fraction of sp³-hybridized carbons (Fsp3) is 0.308. The molecule has 4 heteroatoms. The van der Waals surface area contributed by atoms with Crippen molar-refractivity contribution in [2.45, 2.75) is 6.92 Å². The Morgan fingerprint density at radius 3 is 2.88 bits per heavy atom. The third-order valence-electron chi connectivity index (χ3n) is 2.69. The van der Waals surface area contributed by atoms with Gasteiger partial charge < -0.3 is 15.1 Å². The highest BCUT2D eigenvalue weighted by Crippen LogP contribution is 2.21. The number of nitrogens with zero attached hydrogens (tertiary/aromatic N) is 1. The van der Waals surface area contributed by atoms with Crippen molar-refractivity contribution in [1.29, 1.82) is 0 Å². The quantitative estimate of drug-likeness (QED) is 0.877. The summed E-state index contributed by atoms with van der Waals surface area (Å²) in [6, 6.07) is 7.62. The number of carbonyl (C=O) groups excluding carboxylic acids is 1. The Labute approximate surface area is 100.0 Å². The predicted molar refractivity (Wildman–Crippen MR) is 67.0 cm³/mol. The molecule has 0 atom stereocenters. The van der Waals surface area contributed by atoms with Gasteiger partial charge in [0, 0.05) is 25.5 Å². The van der Waals surface area contributed by atoms with Gasteiger partial charge in [-0.05, 0) is 25.1 Å². The van der Waals surface area contributed by atoms with Crippen LogP contribution in [0.15, 0.2) is 28.7 Å². The minimum absolute atomic E-state index is 0.135. The molecule has 1 heterocycles. The van der Waals surface area contributed by atoms with Crippen LogP contribution in [0.25, 0.3) is 11.0 Å². The SMILES string of the molecule is Cc1ccc2oc(C(=O)N(C)CCN)cc2c1. The summed E-state index contributed by atoms with van der Waals surface area (Å²) in [5.41, 5.74) is 7.30. The minimum atomic E-state index is -0.135. The number of amides is 1. The molecule has 17 heavy (non-hydrogen) atoms. The van der Waals surface area contributed by atoms with Crippen LogP contribution in [0, 0.1) is 6.92 Å². The van der Waals surface area contributed by atoms with Gasteiger partial charge in [0.2, 0.25) is 0 Å². The van der Waals surface area contributed by atoms with E-state index in [0.717, 1.165) is 16.5 Å². The summed E-state index contributed by atoms with van der Waals surface area (Å²) in [5.74, 6) is 0.228. The second-order valence-electron chi connectivity index (χ2n) is 4.17. The lowest BCUT2D eigenvalue weighted by Gasteiger charge is -2.13. The third kappa shape index (κ3) is 2.31. The molecule has 1 amide bonds. The van der Waals surface area contributed by atoms with Gasteiger partial charge in [0.05, 0.1) is 0 Å². The molecule has 0 fully saturated rings. The van der Waals surface area contributed by atoms with Crippen LogP contribution < -0.4 is 5.73 Å². The first-order valence-corrected chi connectivity index (χ1v) is 5.57. The first-order valence-electron chi connectivity index (χ1n) is 5.57. The van der Waals surface area contributed by atoms with E-state index in [-0.39, 0.29) is 5.91 Å². The van der Waals surface area contributed by atoms with Crippen LogP contribution in [0.1, 0.15) is 16.1 Å². The van der Waals surface area contributed by atoms with Crippen molar-refractivity contribution in [3.05, 3.63) is 35.6 Å². The fourth-order valence-corrected chi connectivity index (χ4v) is 1.75. The number of rotatable bonds is 3. The number of aryl methyl sites for hydroxylation is 1. The molecule has 90 valence electrons. The van der Waals surface area contributed by atoms with Crippen LogP contribution in [0.2, 0.25) is 0 Å². The van der Waals surface area contributed by atoms with E-state index in [2.05, 4.69) is 0 Å². The van der Waals surface area contributed by atoms with Gasteiger partial charge in [0.15, 0.2) is 5.76 Å². The van der Waals surface area contributed by atoms with Crippen LogP contribution in [-0.4, -0.2) is 30.9 Å². The van der Waals surface area contributed by atoms with Crippen LogP contribution in [-0.2, 0) is 0 Å². The molecule has 0 aliphatic carbocycles. The highest BCUT2D eigenvalue weighted by Gasteiger charge is 2.15. The van der Waals surface area contributed by atoms with E-state index in [1.807, 2.05) is 25.1 Å². The average molecular weight is 232 g/mol. The van der Waals surface area contributed by atoms with Gasteiger partial charge in [-0.25, -0.2) is 0 Å². The second-order valence-corrected chi connectivity index (χ2v) is 4.17. The van der Waals surface area contributed by atoms with E-state index in [4.69, 9.17) is 10.2 Å². The molecule has 0 bridgehead atoms. The third-order valence-corrected chi connectivity index (χ3v) is 2.69. The Balaban J connectivity index is 2.33. The standard InChI is InChI=1S/C13H16N2O2/c1-9-3-4-11-10(7-9)8-12(17-11)13(16)15(2)6-5-14/h3-4,7-8H,5-6,14H2,1-2H3. The number of benzene rings is 1. The zero-order valence-corrected chi connectivity index (χ0v) is 10.1. The van der Waals surface area contributed by atoms with Crippen molar-refractivity contribution >= 4 is 16.9 Å². The summed E-state index contributed by atoms with van der Waals surface area (Å²) < 4.78 is 5.52. The molecule has 2 rings (SSSR count). The summed E-state index contributed by atoms with van der Waals surface area (Å²) >= 11 is 0. The molecule has 0 radical (unpaired) electrons. The Hall–Kier alpha value is -1.81. The van der Waals surface area contributed by atoms with Crippen LogP contribution >= 0.6 is 0 Å². The summed E-state index contributed by atoms with van der Waals surface area (Å²) in [6.07, 6.45) is 0. The maximum Gasteiger partial charge on any atom is 0.289 e. The molecule has 1 aromatic carbocycles. The lowest BCUT2D eigenvalue weighted by atomic mass is 10.2. The van der Waals surface area contributed by atoms with Gasteiger partial charge in [-0.1, -0.05) is 11.6 Å². The van der Waals surface area contributed by atoms with E-state index in [1.54, 1.807) is 18.0 Å². The van der Waals surface area contributed by atoms with E-state index in [1.165, 1.54) is 0 Å². The Morgan fingerprint density at radius 2 is 2.18 bits per heavy atom. The molecule has 0 aliphatic rings. The molecule has 4 nitrogen and oxygen atoms in total. The number of fused-ring (bicyclic) bond motifs is 1. The zero-order chi connectivity index (χ0) is 12.4. The number of likely N-dealkylation sites (N-methyl/N-ethyl adjacent to an activating group) is 1. The van der Waals surface area contributed by atoms with Crippen molar-refractivity contribution in [3.63, 3.8) is 0 Å². The van der Waals surface area contributed by atoms with E-state index in [9.17, 15) is 4.79 Å². The van der Waals surface area contributed by atoms with Crippen molar-refractivity contribution in [2.75, 3.05) is 20.1 Å². The number of carbonyl (C=O) groups is 1. The molecule has 1 aromatic heterocycles. The Bertz CT molecular complexity index is 545. The van der Waals surface area contributed by atoms with Gasteiger partial charge in [-0.15, -0.1) is 0 Å². The summed E-state index contributed by atoms with van der Waals surface area (Å²) in [6.45, 7) is 2.98. The fourth-order valence-electron chi connectivity index (χ4n) is 1.75. The molecule has 0 aliphatic heterocycles. The minimum Gasteiger partial charge on any atom is -0.451 e. The molecule has 0 unspecified atom stereocenters.